The number of fused-ring (bicyclic) bond motifs is 1. The highest BCUT2D eigenvalue weighted by atomic mass is 16.1. The van der Waals surface area contributed by atoms with Crippen molar-refractivity contribution in [1.82, 2.24) is 24.4 Å². The van der Waals surface area contributed by atoms with Crippen molar-refractivity contribution in [2.45, 2.75) is 32.2 Å². The molecule has 2 aliphatic rings. The van der Waals surface area contributed by atoms with E-state index in [9.17, 15) is 4.79 Å². The lowest BCUT2D eigenvalue weighted by atomic mass is 10.1. The number of nitrogens with one attached hydrogen (secondary N) is 1. The molecule has 1 aliphatic heterocycles. The molecule has 28 heavy (non-hydrogen) atoms. The van der Waals surface area contributed by atoms with Gasteiger partial charge >= 0.3 is 0 Å². The minimum absolute atomic E-state index is 0.0490. The minimum Gasteiger partial charge on any atom is -0.340 e. The van der Waals surface area contributed by atoms with Gasteiger partial charge in [0.25, 0.3) is 5.56 Å². The van der Waals surface area contributed by atoms with Gasteiger partial charge in [0, 0.05) is 57.2 Å². The second kappa shape index (κ2) is 6.74. The van der Waals surface area contributed by atoms with E-state index < -0.39 is 0 Å². The maximum atomic E-state index is 12.3. The van der Waals surface area contributed by atoms with Crippen molar-refractivity contribution in [1.29, 1.82) is 0 Å². The Labute approximate surface area is 164 Å². The van der Waals surface area contributed by atoms with Crippen LogP contribution < -0.4 is 10.5 Å². The zero-order valence-corrected chi connectivity index (χ0v) is 16.5. The van der Waals surface area contributed by atoms with Gasteiger partial charge in [-0.2, -0.15) is 0 Å². The number of hydrogen-bond donors (Lipinski definition) is 1. The topological polar surface area (TPSA) is 70.1 Å². The van der Waals surface area contributed by atoms with E-state index in [4.69, 9.17) is 0 Å². The number of nitrogens with zero attached hydrogens (tertiary/aromatic N) is 5. The first-order valence-corrected chi connectivity index (χ1v) is 10.1. The number of hydrogen-bond acceptors (Lipinski definition) is 5. The van der Waals surface area contributed by atoms with Crippen LogP contribution in [-0.2, 0) is 13.6 Å². The summed E-state index contributed by atoms with van der Waals surface area (Å²) in [4.78, 5) is 29.3. The van der Waals surface area contributed by atoms with E-state index in [1.54, 1.807) is 0 Å². The smallest absolute Gasteiger partial charge is 0.252 e. The van der Waals surface area contributed by atoms with Crippen LogP contribution in [0.3, 0.4) is 0 Å². The van der Waals surface area contributed by atoms with Gasteiger partial charge in [-0.15, -0.1) is 0 Å². The second-order valence-corrected chi connectivity index (χ2v) is 8.13. The lowest BCUT2D eigenvalue weighted by molar-refractivity contribution is 0.248. The van der Waals surface area contributed by atoms with Crippen molar-refractivity contribution in [3.63, 3.8) is 0 Å². The van der Waals surface area contributed by atoms with Gasteiger partial charge in [0.15, 0.2) is 0 Å². The quantitative estimate of drug-likeness (QED) is 0.753. The summed E-state index contributed by atoms with van der Waals surface area (Å²) in [6, 6.07) is 4.05. The average Bonchev–Trinajstić information content (AvgIpc) is 3.48. The Balaban J connectivity index is 1.27. The molecule has 1 N–H and O–H groups in total. The highest BCUT2D eigenvalue weighted by Gasteiger charge is 2.26. The summed E-state index contributed by atoms with van der Waals surface area (Å²) in [6.07, 6.45) is 6.12. The normalized spacial score (nSPS) is 18.1. The van der Waals surface area contributed by atoms with Crippen LogP contribution in [0.2, 0.25) is 0 Å². The number of aromatic amines is 1. The van der Waals surface area contributed by atoms with E-state index in [-0.39, 0.29) is 5.56 Å². The molecule has 1 saturated heterocycles. The van der Waals surface area contributed by atoms with E-state index in [1.807, 2.05) is 18.5 Å². The number of pyridine rings is 2. The zero-order valence-electron chi connectivity index (χ0n) is 16.5. The van der Waals surface area contributed by atoms with Crippen molar-refractivity contribution in [3.05, 3.63) is 51.7 Å². The van der Waals surface area contributed by atoms with E-state index in [1.165, 1.54) is 5.69 Å². The fourth-order valence-corrected chi connectivity index (χ4v) is 4.07. The summed E-state index contributed by atoms with van der Waals surface area (Å²) in [5.74, 6) is 1.49. The number of piperazine rings is 1. The molecule has 0 atom stereocenters. The maximum absolute atomic E-state index is 12.3. The Kier molecular flexibility index (Phi) is 4.19. The Morgan fingerprint density at radius 3 is 2.57 bits per heavy atom. The summed E-state index contributed by atoms with van der Waals surface area (Å²) in [5.41, 5.74) is 5.00. The molecule has 0 aromatic carbocycles. The van der Waals surface area contributed by atoms with Crippen molar-refractivity contribution in [3.8, 4) is 0 Å². The van der Waals surface area contributed by atoms with Gasteiger partial charge in [-0.1, -0.05) is 0 Å². The summed E-state index contributed by atoms with van der Waals surface area (Å²) >= 11 is 0. The molecule has 0 spiro atoms. The molecule has 2 fully saturated rings. The number of H-pyrrole nitrogens is 1. The number of aromatic nitrogens is 4. The highest BCUT2D eigenvalue weighted by molar-refractivity contribution is 5.75. The Bertz CT molecular complexity index is 1070. The molecule has 5 rings (SSSR count). The molecular formula is C21H26N6O. The summed E-state index contributed by atoms with van der Waals surface area (Å²) in [7, 11) is 2.07. The first-order valence-electron chi connectivity index (χ1n) is 10.1. The number of aryl methyl sites for hydroxylation is 1. The van der Waals surface area contributed by atoms with Crippen molar-refractivity contribution >= 4 is 17.0 Å². The Hall–Kier alpha value is -2.67. The summed E-state index contributed by atoms with van der Waals surface area (Å²) < 4.78 is 2.15. The van der Waals surface area contributed by atoms with Crippen molar-refractivity contribution in [2.75, 3.05) is 31.1 Å². The Morgan fingerprint density at radius 2 is 1.89 bits per heavy atom. The molecule has 0 amide bonds. The molecule has 1 aliphatic carbocycles. The fraction of sp³-hybridized carbons (Fsp3) is 0.476. The van der Waals surface area contributed by atoms with Gasteiger partial charge in [0.05, 0.1) is 17.2 Å². The average molecular weight is 378 g/mol. The molecule has 7 heteroatoms. The molecule has 1 saturated carbocycles. The first-order chi connectivity index (χ1) is 13.6. The second-order valence-electron chi connectivity index (χ2n) is 8.13. The highest BCUT2D eigenvalue weighted by Crippen LogP contribution is 2.38. The van der Waals surface area contributed by atoms with Crippen molar-refractivity contribution in [2.24, 2.45) is 7.05 Å². The first kappa shape index (κ1) is 17.4. The fourth-order valence-electron chi connectivity index (χ4n) is 4.07. The van der Waals surface area contributed by atoms with Crippen LogP contribution in [0, 0.1) is 6.92 Å². The molecule has 146 valence electrons. The van der Waals surface area contributed by atoms with Gasteiger partial charge in [0.2, 0.25) is 5.95 Å². The number of rotatable bonds is 4. The third-order valence-electron chi connectivity index (χ3n) is 6.05. The maximum Gasteiger partial charge on any atom is 0.252 e. The summed E-state index contributed by atoms with van der Waals surface area (Å²) in [6.45, 7) is 6.84. The molecule has 3 aromatic heterocycles. The SMILES string of the molecule is Cc1cnc(N2CCN(Cc3cnc4cc(C5CC5)c(=O)[nH]c4c3)CC2)n1C. The van der Waals surface area contributed by atoms with Crippen LogP contribution in [0.4, 0.5) is 5.95 Å². The van der Waals surface area contributed by atoms with Crippen LogP contribution in [0.1, 0.15) is 35.6 Å². The third kappa shape index (κ3) is 3.20. The lowest BCUT2D eigenvalue weighted by Gasteiger charge is -2.35. The van der Waals surface area contributed by atoms with Gasteiger partial charge in [-0.05, 0) is 43.4 Å². The van der Waals surface area contributed by atoms with Gasteiger partial charge in [-0.3, -0.25) is 14.7 Å². The molecular weight excluding hydrogens is 352 g/mol. The van der Waals surface area contributed by atoms with E-state index in [0.717, 1.165) is 73.7 Å². The largest absolute Gasteiger partial charge is 0.340 e. The molecule has 3 aromatic rings. The number of anilines is 1. The lowest BCUT2D eigenvalue weighted by Crippen LogP contribution is -2.46. The zero-order chi connectivity index (χ0) is 19.3. The molecule has 7 nitrogen and oxygen atoms in total. The predicted molar refractivity (Wildman–Crippen MR) is 110 cm³/mol. The third-order valence-corrected chi connectivity index (χ3v) is 6.05. The molecule has 0 radical (unpaired) electrons. The van der Waals surface area contributed by atoms with Crippen LogP contribution in [0.15, 0.2) is 29.3 Å². The van der Waals surface area contributed by atoms with Gasteiger partial charge in [0.1, 0.15) is 0 Å². The van der Waals surface area contributed by atoms with E-state index >= 15 is 0 Å². The van der Waals surface area contributed by atoms with Crippen LogP contribution in [0.5, 0.6) is 0 Å². The molecule has 0 bridgehead atoms. The van der Waals surface area contributed by atoms with Crippen LogP contribution >= 0.6 is 0 Å². The Morgan fingerprint density at radius 1 is 1.11 bits per heavy atom. The van der Waals surface area contributed by atoms with Gasteiger partial charge in [-0.25, -0.2) is 4.98 Å². The molecule has 4 heterocycles. The van der Waals surface area contributed by atoms with Crippen molar-refractivity contribution < 1.29 is 0 Å². The number of imidazole rings is 1. The van der Waals surface area contributed by atoms with Crippen LogP contribution in [0.25, 0.3) is 11.0 Å². The molecule has 0 unspecified atom stereocenters. The predicted octanol–water partition coefficient (Wildman–Crippen LogP) is 2.16. The van der Waals surface area contributed by atoms with E-state index in [2.05, 4.69) is 49.4 Å². The summed E-state index contributed by atoms with van der Waals surface area (Å²) in [5, 5.41) is 0. The standard InChI is InChI=1S/C21H26N6O/c1-14-11-23-21(25(14)2)27-7-5-26(6-8-27)13-15-9-19-18(22-12-15)10-17(16-3-4-16)20(28)24-19/h9-12,16H,3-8,13H2,1-2H3,(H,24,28). The monoisotopic (exact) mass is 378 g/mol. The van der Waals surface area contributed by atoms with E-state index in [0.29, 0.717) is 5.92 Å². The van der Waals surface area contributed by atoms with Crippen LogP contribution in [-0.4, -0.2) is 50.6 Å². The van der Waals surface area contributed by atoms with Gasteiger partial charge < -0.3 is 14.5 Å². The minimum atomic E-state index is 0.0490.